The van der Waals surface area contributed by atoms with E-state index in [2.05, 4.69) is 53.7 Å². The number of aromatic nitrogens is 1. The van der Waals surface area contributed by atoms with Crippen molar-refractivity contribution in [1.29, 1.82) is 0 Å². The molecule has 0 fully saturated rings. The molecule has 3 nitrogen and oxygen atoms in total. The summed E-state index contributed by atoms with van der Waals surface area (Å²) in [6.07, 6.45) is 3.75. The number of hydrogen-bond acceptors (Lipinski definition) is 2. The number of pyridine rings is 1. The zero-order valence-electron chi connectivity index (χ0n) is 14.0. The molecule has 0 atom stereocenters. The average Bonchev–Trinajstić information content (AvgIpc) is 2.61. The Balaban J connectivity index is 1.80. The summed E-state index contributed by atoms with van der Waals surface area (Å²) in [5.41, 5.74) is 5.62. The van der Waals surface area contributed by atoms with Crippen molar-refractivity contribution in [2.75, 3.05) is 10.6 Å². The minimum Gasteiger partial charge on any atom is -0.332 e. The van der Waals surface area contributed by atoms with Crippen LogP contribution in [0.25, 0.3) is 10.9 Å². The van der Waals surface area contributed by atoms with Crippen molar-refractivity contribution in [2.45, 2.75) is 26.7 Å². The third-order valence-corrected chi connectivity index (χ3v) is 4.30. The fourth-order valence-corrected chi connectivity index (χ4v) is 3.05. The first-order valence-corrected chi connectivity index (χ1v) is 8.65. The highest BCUT2D eigenvalue weighted by Crippen LogP contribution is 2.23. The van der Waals surface area contributed by atoms with E-state index in [1.54, 1.807) is 6.20 Å². The molecule has 0 saturated heterocycles. The number of para-hydroxylation sites is 1. The van der Waals surface area contributed by atoms with Gasteiger partial charge in [0, 0.05) is 23.0 Å². The van der Waals surface area contributed by atoms with Gasteiger partial charge in [-0.15, -0.1) is 0 Å². The molecule has 0 aliphatic carbocycles. The van der Waals surface area contributed by atoms with Gasteiger partial charge in [0.05, 0.1) is 5.52 Å². The number of aryl methyl sites for hydroxylation is 2. The number of thiocarbonyl (C=S) groups is 1. The first kappa shape index (κ1) is 16.4. The van der Waals surface area contributed by atoms with Crippen molar-refractivity contribution >= 4 is 39.6 Å². The van der Waals surface area contributed by atoms with E-state index in [0.29, 0.717) is 5.11 Å². The number of nitrogens with one attached hydrogen (secondary N) is 2. The third kappa shape index (κ3) is 3.54. The topological polar surface area (TPSA) is 37.0 Å². The van der Waals surface area contributed by atoms with E-state index in [0.717, 1.165) is 35.1 Å². The largest absolute Gasteiger partial charge is 0.332 e. The summed E-state index contributed by atoms with van der Waals surface area (Å²) in [7, 11) is 0. The van der Waals surface area contributed by atoms with E-state index in [1.807, 2.05) is 24.3 Å². The van der Waals surface area contributed by atoms with Crippen LogP contribution in [0.4, 0.5) is 11.4 Å². The van der Waals surface area contributed by atoms with E-state index in [9.17, 15) is 0 Å². The molecule has 0 amide bonds. The summed E-state index contributed by atoms with van der Waals surface area (Å²) in [5, 5.41) is 8.36. The summed E-state index contributed by atoms with van der Waals surface area (Å²) in [4.78, 5) is 4.34. The Labute approximate surface area is 148 Å². The third-order valence-electron chi connectivity index (χ3n) is 4.10. The number of anilines is 2. The van der Waals surface area contributed by atoms with Crippen LogP contribution >= 0.6 is 12.2 Å². The van der Waals surface area contributed by atoms with Gasteiger partial charge in [-0.25, -0.2) is 0 Å². The van der Waals surface area contributed by atoms with Gasteiger partial charge in [0.1, 0.15) is 0 Å². The Morgan fingerprint density at radius 3 is 2.42 bits per heavy atom. The van der Waals surface area contributed by atoms with E-state index >= 15 is 0 Å². The van der Waals surface area contributed by atoms with Crippen LogP contribution in [-0.2, 0) is 12.8 Å². The van der Waals surface area contributed by atoms with Crippen LogP contribution in [-0.4, -0.2) is 10.1 Å². The minimum absolute atomic E-state index is 0.605. The van der Waals surface area contributed by atoms with Gasteiger partial charge < -0.3 is 10.6 Å². The second-order valence-corrected chi connectivity index (χ2v) is 6.06. The zero-order chi connectivity index (χ0) is 16.9. The SMILES string of the molecule is CCc1cccc(CC)c1NC(=S)Nc1ccc2ncccc2c1. The molecule has 0 spiro atoms. The van der Waals surface area contributed by atoms with Crippen LogP contribution in [0.5, 0.6) is 0 Å². The molecule has 0 unspecified atom stereocenters. The van der Waals surface area contributed by atoms with Crippen molar-refractivity contribution in [3.8, 4) is 0 Å². The molecule has 24 heavy (non-hydrogen) atoms. The summed E-state index contributed by atoms with van der Waals surface area (Å²) < 4.78 is 0. The Kier molecular flexibility index (Phi) is 5.06. The molecule has 1 aromatic heterocycles. The maximum Gasteiger partial charge on any atom is 0.175 e. The lowest BCUT2D eigenvalue weighted by Crippen LogP contribution is -2.20. The number of benzene rings is 2. The lowest BCUT2D eigenvalue weighted by atomic mass is 10.0. The molecular weight excluding hydrogens is 314 g/mol. The van der Waals surface area contributed by atoms with Gasteiger partial charge >= 0.3 is 0 Å². The molecule has 3 aromatic rings. The molecule has 0 bridgehead atoms. The second kappa shape index (κ2) is 7.41. The molecule has 0 aliphatic rings. The van der Waals surface area contributed by atoms with Crippen LogP contribution in [0.15, 0.2) is 54.7 Å². The van der Waals surface area contributed by atoms with Gasteiger partial charge in [-0.1, -0.05) is 38.1 Å². The van der Waals surface area contributed by atoms with Crippen molar-refractivity contribution in [2.24, 2.45) is 0 Å². The highest BCUT2D eigenvalue weighted by atomic mass is 32.1. The Morgan fingerprint density at radius 2 is 1.71 bits per heavy atom. The summed E-state index contributed by atoms with van der Waals surface area (Å²) in [5.74, 6) is 0. The summed E-state index contributed by atoms with van der Waals surface area (Å²) >= 11 is 5.52. The summed E-state index contributed by atoms with van der Waals surface area (Å²) in [6.45, 7) is 4.32. The molecule has 4 heteroatoms. The monoisotopic (exact) mass is 335 g/mol. The van der Waals surface area contributed by atoms with Crippen LogP contribution < -0.4 is 10.6 Å². The Bertz CT molecular complexity index is 851. The highest BCUT2D eigenvalue weighted by molar-refractivity contribution is 7.80. The van der Waals surface area contributed by atoms with Gasteiger partial charge in [0.25, 0.3) is 0 Å². The molecule has 2 N–H and O–H groups in total. The van der Waals surface area contributed by atoms with Crippen LogP contribution in [0.2, 0.25) is 0 Å². The lowest BCUT2D eigenvalue weighted by molar-refractivity contribution is 1.09. The number of hydrogen-bond donors (Lipinski definition) is 2. The molecule has 1 heterocycles. The quantitative estimate of drug-likeness (QED) is 0.645. The van der Waals surface area contributed by atoms with Crippen molar-refractivity contribution in [3.05, 3.63) is 65.9 Å². The maximum absolute atomic E-state index is 5.52. The molecular formula is C20H21N3S. The van der Waals surface area contributed by atoms with E-state index in [1.165, 1.54) is 11.1 Å². The second-order valence-electron chi connectivity index (χ2n) is 5.65. The van der Waals surface area contributed by atoms with Crippen LogP contribution in [0.3, 0.4) is 0 Å². The normalized spacial score (nSPS) is 10.6. The first-order valence-electron chi connectivity index (χ1n) is 8.24. The predicted octanol–water partition coefficient (Wildman–Crippen LogP) is 5.17. The zero-order valence-corrected chi connectivity index (χ0v) is 14.8. The van der Waals surface area contributed by atoms with Crippen molar-refractivity contribution < 1.29 is 0 Å². The minimum atomic E-state index is 0.605. The maximum atomic E-state index is 5.52. The van der Waals surface area contributed by atoms with Crippen LogP contribution in [0.1, 0.15) is 25.0 Å². The van der Waals surface area contributed by atoms with Gasteiger partial charge in [-0.05, 0) is 60.5 Å². The fourth-order valence-electron chi connectivity index (χ4n) is 2.83. The Morgan fingerprint density at radius 1 is 0.958 bits per heavy atom. The summed E-state index contributed by atoms with van der Waals surface area (Å²) in [6, 6.07) is 16.4. The van der Waals surface area contributed by atoms with Gasteiger partial charge in [-0.2, -0.15) is 0 Å². The molecule has 0 saturated carbocycles. The molecule has 3 rings (SSSR count). The lowest BCUT2D eigenvalue weighted by Gasteiger charge is -2.17. The molecule has 122 valence electrons. The molecule has 0 aliphatic heterocycles. The van der Waals surface area contributed by atoms with E-state index in [4.69, 9.17) is 12.2 Å². The fraction of sp³-hybridized carbons (Fsp3) is 0.200. The van der Waals surface area contributed by atoms with Gasteiger partial charge in [0.2, 0.25) is 0 Å². The molecule has 2 aromatic carbocycles. The van der Waals surface area contributed by atoms with Gasteiger partial charge in [0.15, 0.2) is 5.11 Å². The number of rotatable bonds is 4. The number of nitrogens with zero attached hydrogens (tertiary/aromatic N) is 1. The first-order chi connectivity index (χ1) is 11.7. The highest BCUT2D eigenvalue weighted by Gasteiger charge is 2.08. The van der Waals surface area contributed by atoms with Crippen molar-refractivity contribution in [1.82, 2.24) is 4.98 Å². The smallest absolute Gasteiger partial charge is 0.175 e. The van der Waals surface area contributed by atoms with Crippen LogP contribution in [0, 0.1) is 0 Å². The standard InChI is InChI=1S/C20H21N3S/c1-3-14-7-5-8-15(4-2)19(14)23-20(24)22-17-10-11-18-16(13-17)9-6-12-21-18/h5-13H,3-4H2,1-2H3,(H2,22,23,24). The van der Waals surface area contributed by atoms with E-state index in [-0.39, 0.29) is 0 Å². The van der Waals surface area contributed by atoms with Gasteiger partial charge in [-0.3, -0.25) is 4.98 Å². The predicted molar refractivity (Wildman–Crippen MR) is 107 cm³/mol. The molecule has 0 radical (unpaired) electrons. The number of fused-ring (bicyclic) bond motifs is 1. The average molecular weight is 335 g/mol. The van der Waals surface area contributed by atoms with Crippen molar-refractivity contribution in [3.63, 3.8) is 0 Å². The van der Waals surface area contributed by atoms with E-state index < -0.39 is 0 Å². The Hall–Kier alpha value is -2.46.